The van der Waals surface area contributed by atoms with Crippen LogP contribution in [-0.4, -0.2) is 47.4 Å². The van der Waals surface area contributed by atoms with Crippen molar-refractivity contribution in [3.63, 3.8) is 0 Å². The van der Waals surface area contributed by atoms with Gasteiger partial charge in [-0.25, -0.2) is 0 Å². The Kier molecular flexibility index (Phi) is 75.3. The van der Waals surface area contributed by atoms with Gasteiger partial charge in [0.15, 0.2) is 0 Å². The molecule has 0 aliphatic heterocycles. The first-order valence-electron chi connectivity index (χ1n) is 40.3. The number of aliphatic hydroxyl groups excluding tert-OH is 2. The minimum absolute atomic E-state index is 0.0250. The number of ether oxygens (including phenoxy) is 1. The van der Waals surface area contributed by atoms with Gasteiger partial charge in [0.1, 0.15) is 0 Å². The summed E-state index contributed by atoms with van der Waals surface area (Å²) in [7, 11) is 0. The van der Waals surface area contributed by atoms with E-state index in [2.05, 4.69) is 19.2 Å². The molecule has 0 fully saturated rings. The molecule has 2 unspecified atom stereocenters. The Morgan fingerprint density at radius 3 is 0.709 bits per heavy atom. The topological polar surface area (TPSA) is 95.9 Å². The predicted octanol–water partition coefficient (Wildman–Crippen LogP) is 26.5. The van der Waals surface area contributed by atoms with E-state index in [1.165, 1.54) is 405 Å². The molecule has 6 heteroatoms. The summed E-state index contributed by atoms with van der Waals surface area (Å²) in [5.74, 6) is -0.000247. The van der Waals surface area contributed by atoms with Gasteiger partial charge < -0.3 is 20.3 Å². The fourth-order valence-corrected chi connectivity index (χ4v) is 13.3. The van der Waals surface area contributed by atoms with Crippen molar-refractivity contribution in [2.24, 2.45) is 0 Å². The number of amides is 1. The minimum atomic E-state index is -0.663. The molecular formula is C80H159NO5. The molecular weight excluding hydrogens is 1050 g/mol. The third-order valence-corrected chi connectivity index (χ3v) is 19.4. The van der Waals surface area contributed by atoms with Crippen molar-refractivity contribution < 1.29 is 24.5 Å². The first kappa shape index (κ1) is 84.9. The van der Waals surface area contributed by atoms with E-state index in [1.54, 1.807) is 0 Å². The molecule has 0 heterocycles. The molecule has 86 heavy (non-hydrogen) atoms. The lowest BCUT2D eigenvalue weighted by molar-refractivity contribution is -0.143. The fourth-order valence-electron chi connectivity index (χ4n) is 13.3. The molecule has 0 spiro atoms. The van der Waals surface area contributed by atoms with E-state index in [0.717, 1.165) is 38.5 Å². The summed E-state index contributed by atoms with van der Waals surface area (Å²) < 4.78 is 5.52. The minimum Gasteiger partial charge on any atom is -0.466 e. The van der Waals surface area contributed by atoms with Crippen molar-refractivity contribution in [3.8, 4) is 0 Å². The molecule has 2 atom stereocenters. The Balaban J connectivity index is 3.32. The standard InChI is InChI=1S/C80H159NO5/c1-3-5-7-9-11-13-15-17-19-21-23-24-31-34-37-40-44-48-52-56-60-64-68-72-78(83)77(76-82)81-79(84)73-69-65-61-57-53-49-45-41-38-35-32-29-27-25-26-28-30-33-36-39-43-47-51-55-59-63-67-71-75-86-80(85)74-70-66-62-58-54-50-46-42-22-20-18-16-14-12-10-8-6-4-2/h77-78,82-83H,3-76H2,1-2H3,(H,81,84). The highest BCUT2D eigenvalue weighted by Gasteiger charge is 2.20. The van der Waals surface area contributed by atoms with E-state index in [0.29, 0.717) is 25.9 Å². The molecule has 0 saturated carbocycles. The van der Waals surface area contributed by atoms with Crippen LogP contribution in [0.15, 0.2) is 0 Å². The van der Waals surface area contributed by atoms with Crippen LogP contribution in [0, 0.1) is 0 Å². The van der Waals surface area contributed by atoms with E-state index in [1.807, 2.05) is 0 Å². The number of rotatable bonds is 77. The van der Waals surface area contributed by atoms with Gasteiger partial charge in [0, 0.05) is 12.8 Å². The number of nitrogens with one attached hydrogen (secondary N) is 1. The number of hydrogen-bond donors (Lipinski definition) is 3. The molecule has 1 amide bonds. The zero-order valence-corrected chi connectivity index (χ0v) is 59.1. The Morgan fingerprint density at radius 1 is 0.279 bits per heavy atom. The van der Waals surface area contributed by atoms with Gasteiger partial charge in [0.05, 0.1) is 25.4 Å². The molecule has 0 aromatic heterocycles. The van der Waals surface area contributed by atoms with Crippen molar-refractivity contribution in [1.29, 1.82) is 0 Å². The van der Waals surface area contributed by atoms with Crippen LogP contribution in [0.5, 0.6) is 0 Å². The van der Waals surface area contributed by atoms with E-state index in [9.17, 15) is 19.8 Å². The monoisotopic (exact) mass is 1210 g/mol. The predicted molar refractivity (Wildman–Crippen MR) is 380 cm³/mol. The summed E-state index contributed by atoms with van der Waals surface area (Å²) in [6.07, 6.45) is 94.8. The highest BCUT2D eigenvalue weighted by molar-refractivity contribution is 5.76. The van der Waals surface area contributed by atoms with Gasteiger partial charge in [0.2, 0.25) is 5.91 Å². The third kappa shape index (κ3) is 71.9. The van der Waals surface area contributed by atoms with Crippen molar-refractivity contribution >= 4 is 11.9 Å². The molecule has 0 aliphatic rings. The Morgan fingerprint density at radius 2 is 0.477 bits per heavy atom. The number of carbonyl (C=O) groups is 2. The molecule has 0 saturated heterocycles. The number of aliphatic hydroxyl groups is 2. The van der Waals surface area contributed by atoms with E-state index in [-0.39, 0.29) is 18.5 Å². The summed E-state index contributed by atoms with van der Waals surface area (Å²) >= 11 is 0. The molecule has 514 valence electrons. The maximum Gasteiger partial charge on any atom is 0.305 e. The second-order valence-electron chi connectivity index (χ2n) is 28.1. The van der Waals surface area contributed by atoms with Crippen LogP contribution < -0.4 is 5.32 Å². The quantitative estimate of drug-likeness (QED) is 0.0417. The van der Waals surface area contributed by atoms with Crippen molar-refractivity contribution in [1.82, 2.24) is 5.32 Å². The Bertz CT molecular complexity index is 1260. The fraction of sp³-hybridized carbons (Fsp3) is 0.975. The molecule has 0 aromatic rings. The first-order chi connectivity index (χ1) is 42.5. The average Bonchev–Trinajstić information content (AvgIpc) is 3.55. The van der Waals surface area contributed by atoms with Crippen LogP contribution in [0.1, 0.15) is 476 Å². The van der Waals surface area contributed by atoms with Gasteiger partial charge in [-0.15, -0.1) is 0 Å². The SMILES string of the molecule is CCCCCCCCCCCCCCCCCCCCCCCCCC(O)C(CO)NC(=O)CCCCCCCCCCCCCCCCCCCCCCCCCCCCCCOC(=O)CCCCCCCCCCCCCCCCCCCC. The van der Waals surface area contributed by atoms with E-state index >= 15 is 0 Å². The number of unbranched alkanes of at least 4 members (excludes halogenated alkanes) is 66. The van der Waals surface area contributed by atoms with Crippen LogP contribution in [0.2, 0.25) is 0 Å². The molecule has 0 rings (SSSR count). The Hall–Kier alpha value is -1.14. The summed E-state index contributed by atoms with van der Waals surface area (Å²) in [6.45, 7) is 5.02. The van der Waals surface area contributed by atoms with Crippen molar-refractivity contribution in [2.75, 3.05) is 13.2 Å². The lowest BCUT2D eigenvalue weighted by atomic mass is 10.0. The normalized spacial score (nSPS) is 12.4. The van der Waals surface area contributed by atoms with Crippen LogP contribution in [-0.2, 0) is 14.3 Å². The summed E-state index contributed by atoms with van der Waals surface area (Å²) in [5, 5.41) is 23.5. The van der Waals surface area contributed by atoms with Gasteiger partial charge >= 0.3 is 5.97 Å². The lowest BCUT2D eigenvalue weighted by Crippen LogP contribution is -2.45. The lowest BCUT2D eigenvalue weighted by Gasteiger charge is -2.22. The zero-order valence-electron chi connectivity index (χ0n) is 59.1. The molecule has 0 bridgehead atoms. The number of hydrogen-bond acceptors (Lipinski definition) is 5. The van der Waals surface area contributed by atoms with Gasteiger partial charge in [-0.1, -0.05) is 438 Å². The average molecular weight is 1220 g/mol. The largest absolute Gasteiger partial charge is 0.466 e. The van der Waals surface area contributed by atoms with Gasteiger partial charge in [-0.3, -0.25) is 9.59 Å². The maximum absolute atomic E-state index is 12.6. The van der Waals surface area contributed by atoms with Crippen LogP contribution in [0.3, 0.4) is 0 Å². The summed E-state index contributed by atoms with van der Waals surface area (Å²) in [4.78, 5) is 24.7. The molecule has 6 nitrogen and oxygen atoms in total. The van der Waals surface area contributed by atoms with Crippen LogP contribution in [0.4, 0.5) is 0 Å². The second-order valence-corrected chi connectivity index (χ2v) is 28.1. The smallest absolute Gasteiger partial charge is 0.305 e. The van der Waals surface area contributed by atoms with Gasteiger partial charge in [0.25, 0.3) is 0 Å². The number of carbonyl (C=O) groups excluding carboxylic acids is 2. The third-order valence-electron chi connectivity index (χ3n) is 19.4. The second kappa shape index (κ2) is 76.3. The van der Waals surface area contributed by atoms with Crippen molar-refractivity contribution in [2.45, 2.75) is 488 Å². The molecule has 0 aliphatic carbocycles. The highest BCUT2D eigenvalue weighted by Crippen LogP contribution is 2.21. The summed E-state index contributed by atoms with van der Waals surface area (Å²) in [5.41, 5.74) is 0. The van der Waals surface area contributed by atoms with E-state index < -0.39 is 12.1 Å². The Labute approximate surface area is 540 Å². The van der Waals surface area contributed by atoms with Crippen LogP contribution >= 0.6 is 0 Å². The van der Waals surface area contributed by atoms with Gasteiger partial charge in [-0.2, -0.15) is 0 Å². The van der Waals surface area contributed by atoms with Crippen molar-refractivity contribution in [3.05, 3.63) is 0 Å². The maximum atomic E-state index is 12.6. The number of esters is 1. The highest BCUT2D eigenvalue weighted by atomic mass is 16.5. The molecule has 3 N–H and O–H groups in total. The van der Waals surface area contributed by atoms with Gasteiger partial charge in [-0.05, 0) is 25.7 Å². The molecule has 0 aromatic carbocycles. The first-order valence-corrected chi connectivity index (χ1v) is 40.3. The summed E-state index contributed by atoms with van der Waals surface area (Å²) in [6, 6.07) is -0.539. The van der Waals surface area contributed by atoms with E-state index in [4.69, 9.17) is 4.74 Å². The van der Waals surface area contributed by atoms with Crippen LogP contribution in [0.25, 0.3) is 0 Å². The molecule has 0 radical (unpaired) electrons. The zero-order chi connectivity index (χ0) is 62.0.